The molecule has 0 aromatic carbocycles. The maximum absolute atomic E-state index is 14.0. The molecular formula is C18H23F2N3O4S. The quantitative estimate of drug-likeness (QED) is 0.735. The van der Waals surface area contributed by atoms with E-state index in [1.807, 2.05) is 0 Å². The van der Waals surface area contributed by atoms with Crippen LogP contribution in [-0.2, 0) is 9.84 Å². The fourth-order valence-corrected chi connectivity index (χ4v) is 3.45. The van der Waals surface area contributed by atoms with E-state index in [-0.39, 0.29) is 30.2 Å². The molecule has 1 heterocycles. The second-order valence-corrected chi connectivity index (χ2v) is 9.33. The van der Waals surface area contributed by atoms with Gasteiger partial charge in [0.05, 0.1) is 0 Å². The molecule has 2 aliphatic carbocycles. The molecule has 0 saturated heterocycles. The summed E-state index contributed by atoms with van der Waals surface area (Å²) in [6.45, 7) is 1.59. The standard InChI is InChI=1S/C18H23F2N3O4S/c1-11(7-9-28(2,25)26)22-16(24)13-10-21-15(12-5-6-12)23-17(13)27-14-4-3-8-18(14,19)20/h7,9-12,14H,3-6,8H2,1-2H3,(H,22,24)/b9-7+/t11?,14-/m0/s1. The molecule has 154 valence electrons. The van der Waals surface area contributed by atoms with Gasteiger partial charge >= 0.3 is 0 Å². The molecule has 2 atom stereocenters. The number of rotatable bonds is 7. The molecule has 1 aromatic heterocycles. The molecule has 28 heavy (non-hydrogen) atoms. The summed E-state index contributed by atoms with van der Waals surface area (Å²) in [6, 6.07) is -0.605. The van der Waals surface area contributed by atoms with E-state index < -0.39 is 33.8 Å². The Morgan fingerprint density at radius 2 is 2.11 bits per heavy atom. The Morgan fingerprint density at radius 3 is 2.68 bits per heavy atom. The van der Waals surface area contributed by atoms with E-state index in [1.165, 1.54) is 12.3 Å². The van der Waals surface area contributed by atoms with E-state index in [1.54, 1.807) is 6.92 Å². The molecule has 0 spiro atoms. The fraction of sp³-hybridized carbons (Fsp3) is 0.611. The Bertz CT molecular complexity index is 885. The average Bonchev–Trinajstić information content (AvgIpc) is 3.38. The summed E-state index contributed by atoms with van der Waals surface area (Å²) < 4.78 is 55.8. The van der Waals surface area contributed by atoms with Gasteiger partial charge in [-0.25, -0.2) is 22.2 Å². The minimum atomic E-state index is -3.33. The normalized spacial score (nSPS) is 22.9. The highest BCUT2D eigenvalue weighted by Gasteiger charge is 2.46. The summed E-state index contributed by atoms with van der Waals surface area (Å²) in [5.74, 6) is -3.09. The minimum Gasteiger partial charge on any atom is -0.467 e. The molecule has 2 saturated carbocycles. The van der Waals surface area contributed by atoms with E-state index in [4.69, 9.17) is 4.74 Å². The van der Waals surface area contributed by atoms with Crippen molar-refractivity contribution < 1.29 is 26.7 Å². The van der Waals surface area contributed by atoms with Crippen molar-refractivity contribution in [2.45, 2.75) is 63.0 Å². The van der Waals surface area contributed by atoms with Crippen LogP contribution in [0.1, 0.15) is 61.1 Å². The van der Waals surface area contributed by atoms with Crippen LogP contribution in [0.15, 0.2) is 17.7 Å². The molecule has 0 radical (unpaired) electrons. The number of sulfone groups is 1. The summed E-state index contributed by atoms with van der Waals surface area (Å²) in [5, 5.41) is 3.57. The lowest BCUT2D eigenvalue weighted by molar-refractivity contribution is -0.0753. The number of aromatic nitrogens is 2. The van der Waals surface area contributed by atoms with Gasteiger partial charge in [-0.1, -0.05) is 6.08 Å². The molecular weight excluding hydrogens is 392 g/mol. The van der Waals surface area contributed by atoms with E-state index >= 15 is 0 Å². The van der Waals surface area contributed by atoms with E-state index in [2.05, 4.69) is 15.3 Å². The number of nitrogens with zero attached hydrogens (tertiary/aromatic N) is 2. The van der Waals surface area contributed by atoms with Crippen molar-refractivity contribution in [2.24, 2.45) is 0 Å². The van der Waals surface area contributed by atoms with Crippen LogP contribution in [-0.4, -0.2) is 48.6 Å². The summed E-state index contributed by atoms with van der Waals surface area (Å²) in [4.78, 5) is 21.0. The summed E-state index contributed by atoms with van der Waals surface area (Å²) in [6.07, 6.45) is 4.41. The highest BCUT2D eigenvalue weighted by Crippen LogP contribution is 2.40. The van der Waals surface area contributed by atoms with Gasteiger partial charge in [0.2, 0.25) is 5.88 Å². The molecule has 2 fully saturated rings. The number of nitrogens with one attached hydrogen (secondary N) is 1. The predicted molar refractivity (Wildman–Crippen MR) is 98.1 cm³/mol. The second-order valence-electron chi connectivity index (χ2n) is 7.40. The highest BCUT2D eigenvalue weighted by molar-refractivity contribution is 7.93. The predicted octanol–water partition coefficient (Wildman–Crippen LogP) is 2.60. The third-order valence-corrected chi connectivity index (χ3v) is 5.29. The first-order chi connectivity index (χ1) is 13.0. The smallest absolute Gasteiger partial charge is 0.284 e. The Morgan fingerprint density at radius 1 is 1.39 bits per heavy atom. The molecule has 1 unspecified atom stereocenters. The Balaban J connectivity index is 1.81. The molecule has 1 N–H and O–H groups in total. The van der Waals surface area contributed by atoms with Crippen molar-refractivity contribution in [3.8, 4) is 5.88 Å². The van der Waals surface area contributed by atoms with Crippen molar-refractivity contribution in [3.05, 3.63) is 29.1 Å². The Hall–Kier alpha value is -2.10. The van der Waals surface area contributed by atoms with Gasteiger partial charge in [0, 0.05) is 36.2 Å². The van der Waals surface area contributed by atoms with Crippen LogP contribution in [0.25, 0.3) is 0 Å². The molecule has 10 heteroatoms. The number of alkyl halides is 2. The van der Waals surface area contributed by atoms with Gasteiger partial charge in [0.25, 0.3) is 11.8 Å². The van der Waals surface area contributed by atoms with E-state index in [0.717, 1.165) is 24.5 Å². The van der Waals surface area contributed by atoms with Crippen molar-refractivity contribution in [1.82, 2.24) is 15.3 Å². The van der Waals surface area contributed by atoms with Crippen LogP contribution in [0.5, 0.6) is 5.88 Å². The zero-order valence-electron chi connectivity index (χ0n) is 15.7. The lowest BCUT2D eigenvalue weighted by Crippen LogP contribution is -2.35. The largest absolute Gasteiger partial charge is 0.467 e. The van der Waals surface area contributed by atoms with E-state index in [0.29, 0.717) is 12.2 Å². The maximum Gasteiger partial charge on any atom is 0.284 e. The van der Waals surface area contributed by atoms with Crippen LogP contribution in [0.2, 0.25) is 0 Å². The van der Waals surface area contributed by atoms with Gasteiger partial charge in [0.1, 0.15) is 11.4 Å². The Kier molecular flexibility index (Phi) is 5.69. The lowest BCUT2D eigenvalue weighted by Gasteiger charge is -2.21. The Labute approximate surface area is 162 Å². The van der Waals surface area contributed by atoms with E-state index in [9.17, 15) is 22.0 Å². The SMILES string of the molecule is CC(/C=C/S(C)(=O)=O)NC(=O)c1cnc(C2CC2)nc1O[C@H]1CCCC1(F)F. The van der Waals surface area contributed by atoms with Gasteiger partial charge in [0.15, 0.2) is 15.9 Å². The number of hydrogen-bond donors (Lipinski definition) is 1. The topological polar surface area (TPSA) is 98.2 Å². The first-order valence-electron chi connectivity index (χ1n) is 9.16. The van der Waals surface area contributed by atoms with Crippen molar-refractivity contribution in [3.63, 3.8) is 0 Å². The van der Waals surface area contributed by atoms with Crippen molar-refractivity contribution in [1.29, 1.82) is 0 Å². The van der Waals surface area contributed by atoms with Gasteiger partial charge in [-0.3, -0.25) is 4.79 Å². The number of ether oxygens (including phenoxy) is 1. The summed E-state index contributed by atoms with van der Waals surface area (Å²) >= 11 is 0. The number of halogens is 2. The van der Waals surface area contributed by atoms with Gasteiger partial charge in [-0.15, -0.1) is 0 Å². The average molecular weight is 415 g/mol. The molecule has 2 aliphatic rings. The number of carbonyl (C=O) groups is 1. The third-order valence-electron chi connectivity index (χ3n) is 4.63. The lowest BCUT2D eigenvalue weighted by atomic mass is 10.2. The van der Waals surface area contributed by atoms with Crippen LogP contribution in [0.3, 0.4) is 0 Å². The molecule has 0 bridgehead atoms. The molecule has 7 nitrogen and oxygen atoms in total. The zero-order valence-corrected chi connectivity index (χ0v) is 16.5. The first-order valence-corrected chi connectivity index (χ1v) is 11.1. The van der Waals surface area contributed by atoms with Crippen molar-refractivity contribution >= 4 is 15.7 Å². The molecule has 0 aliphatic heterocycles. The van der Waals surface area contributed by atoms with Gasteiger partial charge in [-0.2, -0.15) is 4.98 Å². The number of carbonyl (C=O) groups excluding carboxylic acids is 1. The first kappa shape index (κ1) is 20.6. The molecule has 3 rings (SSSR count). The summed E-state index contributed by atoms with van der Waals surface area (Å²) in [5.41, 5.74) is -0.0493. The second kappa shape index (κ2) is 7.73. The van der Waals surface area contributed by atoms with Crippen LogP contribution >= 0.6 is 0 Å². The minimum absolute atomic E-state index is 0.0493. The highest BCUT2D eigenvalue weighted by atomic mass is 32.2. The molecule has 1 amide bonds. The zero-order chi connectivity index (χ0) is 20.5. The number of hydrogen-bond acceptors (Lipinski definition) is 6. The summed E-state index contributed by atoms with van der Waals surface area (Å²) in [7, 11) is -3.33. The van der Waals surface area contributed by atoms with Gasteiger partial charge in [-0.05, 0) is 32.6 Å². The molecule has 1 aromatic rings. The van der Waals surface area contributed by atoms with Crippen molar-refractivity contribution in [2.75, 3.05) is 6.26 Å². The third kappa shape index (κ3) is 5.24. The van der Waals surface area contributed by atoms with Crippen LogP contribution in [0, 0.1) is 0 Å². The van der Waals surface area contributed by atoms with Gasteiger partial charge < -0.3 is 10.1 Å². The number of amides is 1. The maximum atomic E-state index is 14.0. The fourth-order valence-electron chi connectivity index (χ4n) is 2.93. The monoisotopic (exact) mass is 415 g/mol. The van der Waals surface area contributed by atoms with Crippen LogP contribution in [0.4, 0.5) is 8.78 Å². The van der Waals surface area contributed by atoms with Crippen LogP contribution < -0.4 is 10.1 Å².